The second-order valence-electron chi connectivity index (χ2n) is 2.78. The van der Waals surface area contributed by atoms with Crippen molar-refractivity contribution in [3.05, 3.63) is 0 Å². The van der Waals surface area contributed by atoms with Gasteiger partial charge in [0.05, 0.1) is 6.04 Å². The van der Waals surface area contributed by atoms with Gasteiger partial charge in [-0.25, -0.2) is 0 Å². The SMILES string of the molecule is CC1C=NC(C)CNC1. The van der Waals surface area contributed by atoms with Crippen molar-refractivity contribution in [2.45, 2.75) is 19.9 Å². The largest absolute Gasteiger partial charge is 0.314 e. The van der Waals surface area contributed by atoms with Gasteiger partial charge in [0.1, 0.15) is 0 Å². The van der Waals surface area contributed by atoms with E-state index in [2.05, 4.69) is 24.2 Å². The summed E-state index contributed by atoms with van der Waals surface area (Å²) in [5.41, 5.74) is 0. The molecule has 0 aromatic rings. The van der Waals surface area contributed by atoms with Crippen LogP contribution in [0.4, 0.5) is 0 Å². The summed E-state index contributed by atoms with van der Waals surface area (Å²) in [5.74, 6) is 0.606. The lowest BCUT2D eigenvalue weighted by Crippen LogP contribution is -2.24. The molecular formula is C7H14N2. The predicted octanol–water partition coefficient (Wildman–Crippen LogP) is 0.685. The maximum atomic E-state index is 4.32. The molecule has 0 aromatic heterocycles. The zero-order valence-corrected chi connectivity index (χ0v) is 6.09. The van der Waals surface area contributed by atoms with Crippen molar-refractivity contribution in [2.24, 2.45) is 10.9 Å². The zero-order valence-electron chi connectivity index (χ0n) is 6.09. The van der Waals surface area contributed by atoms with Crippen molar-refractivity contribution in [3.63, 3.8) is 0 Å². The van der Waals surface area contributed by atoms with Gasteiger partial charge in [-0.1, -0.05) is 6.92 Å². The van der Waals surface area contributed by atoms with Crippen molar-refractivity contribution in [1.82, 2.24) is 5.32 Å². The third kappa shape index (κ3) is 2.14. The number of hydrogen-bond donors (Lipinski definition) is 1. The van der Waals surface area contributed by atoms with Crippen LogP contribution < -0.4 is 5.32 Å². The summed E-state index contributed by atoms with van der Waals surface area (Å²) < 4.78 is 0. The van der Waals surface area contributed by atoms with Crippen molar-refractivity contribution >= 4 is 6.21 Å². The molecule has 2 atom stereocenters. The Hall–Kier alpha value is -0.370. The molecule has 1 aliphatic heterocycles. The Kier molecular flexibility index (Phi) is 2.22. The number of hydrogen-bond acceptors (Lipinski definition) is 2. The van der Waals surface area contributed by atoms with Crippen LogP contribution in [0.25, 0.3) is 0 Å². The zero-order chi connectivity index (χ0) is 6.69. The molecule has 1 N–H and O–H groups in total. The average Bonchev–Trinajstić information content (AvgIpc) is 1.97. The summed E-state index contributed by atoms with van der Waals surface area (Å²) >= 11 is 0. The quantitative estimate of drug-likeness (QED) is 0.507. The van der Waals surface area contributed by atoms with Crippen LogP contribution in [0.1, 0.15) is 13.8 Å². The Morgan fingerprint density at radius 3 is 3.00 bits per heavy atom. The Balaban J connectivity index is 2.43. The van der Waals surface area contributed by atoms with E-state index in [4.69, 9.17) is 0 Å². The van der Waals surface area contributed by atoms with E-state index in [1.54, 1.807) is 0 Å². The third-order valence-corrected chi connectivity index (χ3v) is 1.50. The molecule has 2 heteroatoms. The van der Waals surface area contributed by atoms with Crippen LogP contribution >= 0.6 is 0 Å². The van der Waals surface area contributed by atoms with Crippen molar-refractivity contribution in [3.8, 4) is 0 Å². The minimum absolute atomic E-state index is 0.468. The van der Waals surface area contributed by atoms with Gasteiger partial charge in [-0.3, -0.25) is 4.99 Å². The van der Waals surface area contributed by atoms with Crippen LogP contribution in [0, 0.1) is 5.92 Å². The first-order chi connectivity index (χ1) is 4.29. The van der Waals surface area contributed by atoms with Gasteiger partial charge < -0.3 is 5.32 Å². The highest BCUT2D eigenvalue weighted by Crippen LogP contribution is 1.96. The molecular weight excluding hydrogens is 112 g/mol. The first kappa shape index (κ1) is 6.75. The molecule has 1 rings (SSSR count). The van der Waals surface area contributed by atoms with E-state index in [0.717, 1.165) is 13.1 Å². The van der Waals surface area contributed by atoms with Gasteiger partial charge in [0, 0.05) is 25.2 Å². The Morgan fingerprint density at radius 2 is 2.22 bits per heavy atom. The fraction of sp³-hybridized carbons (Fsp3) is 0.857. The van der Waals surface area contributed by atoms with Gasteiger partial charge in [-0.15, -0.1) is 0 Å². The molecule has 0 bridgehead atoms. The van der Waals surface area contributed by atoms with Crippen LogP contribution in [0.15, 0.2) is 4.99 Å². The summed E-state index contributed by atoms with van der Waals surface area (Å²) in [6.45, 7) is 6.41. The fourth-order valence-electron chi connectivity index (χ4n) is 0.919. The van der Waals surface area contributed by atoms with E-state index in [9.17, 15) is 0 Å². The van der Waals surface area contributed by atoms with E-state index in [-0.39, 0.29) is 0 Å². The monoisotopic (exact) mass is 126 g/mol. The van der Waals surface area contributed by atoms with Crippen molar-refractivity contribution < 1.29 is 0 Å². The molecule has 0 aromatic carbocycles. The van der Waals surface area contributed by atoms with Gasteiger partial charge in [-0.05, 0) is 6.92 Å². The maximum Gasteiger partial charge on any atom is 0.0592 e. The van der Waals surface area contributed by atoms with Gasteiger partial charge >= 0.3 is 0 Å². The first-order valence-electron chi connectivity index (χ1n) is 3.53. The molecule has 0 spiro atoms. The standard InChI is InChI=1S/C7H14N2/c1-6-3-8-5-7(2)9-4-6/h4,6-8H,3,5H2,1-2H3. The van der Waals surface area contributed by atoms with E-state index in [0.29, 0.717) is 12.0 Å². The molecule has 0 aliphatic carbocycles. The van der Waals surface area contributed by atoms with Crippen LogP contribution in [0.3, 0.4) is 0 Å². The second kappa shape index (κ2) is 2.97. The lowest BCUT2D eigenvalue weighted by atomic mass is 10.2. The summed E-state index contributed by atoms with van der Waals surface area (Å²) in [4.78, 5) is 4.32. The molecule has 9 heavy (non-hydrogen) atoms. The molecule has 2 unspecified atom stereocenters. The van der Waals surface area contributed by atoms with E-state index < -0.39 is 0 Å². The fourth-order valence-corrected chi connectivity index (χ4v) is 0.919. The number of nitrogens with one attached hydrogen (secondary N) is 1. The molecule has 1 heterocycles. The maximum absolute atomic E-state index is 4.32. The average molecular weight is 126 g/mol. The molecule has 2 nitrogen and oxygen atoms in total. The van der Waals surface area contributed by atoms with Gasteiger partial charge in [0.2, 0.25) is 0 Å². The second-order valence-corrected chi connectivity index (χ2v) is 2.78. The van der Waals surface area contributed by atoms with Gasteiger partial charge in [0.25, 0.3) is 0 Å². The number of aliphatic imine (C=N–C) groups is 1. The van der Waals surface area contributed by atoms with Crippen LogP contribution in [-0.2, 0) is 0 Å². The topological polar surface area (TPSA) is 24.4 Å². The van der Waals surface area contributed by atoms with Crippen LogP contribution in [0.2, 0.25) is 0 Å². The highest BCUT2D eigenvalue weighted by molar-refractivity contribution is 5.61. The minimum Gasteiger partial charge on any atom is -0.314 e. The van der Waals surface area contributed by atoms with Crippen LogP contribution in [0.5, 0.6) is 0 Å². The normalized spacial score (nSPS) is 36.2. The Morgan fingerprint density at radius 1 is 1.44 bits per heavy atom. The molecule has 1 aliphatic rings. The van der Waals surface area contributed by atoms with Gasteiger partial charge in [-0.2, -0.15) is 0 Å². The molecule has 0 amide bonds. The lowest BCUT2D eigenvalue weighted by Gasteiger charge is -2.02. The van der Waals surface area contributed by atoms with Crippen molar-refractivity contribution in [2.75, 3.05) is 13.1 Å². The highest BCUT2D eigenvalue weighted by Gasteiger charge is 2.04. The summed E-state index contributed by atoms with van der Waals surface area (Å²) in [6, 6.07) is 0.468. The Labute approximate surface area is 56.4 Å². The lowest BCUT2D eigenvalue weighted by molar-refractivity contribution is 0.602. The minimum atomic E-state index is 0.468. The predicted molar refractivity (Wildman–Crippen MR) is 40.0 cm³/mol. The van der Waals surface area contributed by atoms with E-state index >= 15 is 0 Å². The summed E-state index contributed by atoms with van der Waals surface area (Å²) in [5, 5.41) is 3.32. The number of nitrogens with zero attached hydrogens (tertiary/aromatic N) is 1. The Bertz CT molecular complexity index is 97.5. The van der Waals surface area contributed by atoms with E-state index in [1.165, 1.54) is 0 Å². The molecule has 0 radical (unpaired) electrons. The highest BCUT2D eigenvalue weighted by atomic mass is 14.9. The summed E-state index contributed by atoms with van der Waals surface area (Å²) in [6.07, 6.45) is 2.05. The first-order valence-corrected chi connectivity index (χ1v) is 3.53. The van der Waals surface area contributed by atoms with E-state index in [1.807, 2.05) is 6.21 Å². The molecule has 52 valence electrons. The summed E-state index contributed by atoms with van der Waals surface area (Å²) in [7, 11) is 0. The van der Waals surface area contributed by atoms with Crippen LogP contribution in [-0.4, -0.2) is 25.3 Å². The smallest absolute Gasteiger partial charge is 0.0592 e. The van der Waals surface area contributed by atoms with Gasteiger partial charge in [0.15, 0.2) is 0 Å². The third-order valence-electron chi connectivity index (χ3n) is 1.50. The molecule has 0 saturated carbocycles. The molecule has 0 saturated heterocycles. The number of rotatable bonds is 0. The van der Waals surface area contributed by atoms with Crippen molar-refractivity contribution in [1.29, 1.82) is 0 Å². The molecule has 0 fully saturated rings.